The summed E-state index contributed by atoms with van der Waals surface area (Å²) in [5.41, 5.74) is 1.20. The van der Waals surface area contributed by atoms with Crippen LogP contribution in [0.1, 0.15) is 21.9 Å². The van der Waals surface area contributed by atoms with E-state index in [0.717, 1.165) is 30.2 Å². The maximum Gasteiger partial charge on any atom is 0.335 e. The van der Waals surface area contributed by atoms with Crippen LogP contribution in [0.25, 0.3) is 0 Å². The SMILES string of the molecule is Cc1ccc(CCN(C)c2cccc(C(=O)O)c2)o1. The Morgan fingerprint density at radius 3 is 2.74 bits per heavy atom. The highest BCUT2D eigenvalue weighted by molar-refractivity contribution is 5.88. The average molecular weight is 259 g/mol. The fourth-order valence-corrected chi connectivity index (χ4v) is 1.90. The number of carboxylic acids is 1. The zero-order valence-corrected chi connectivity index (χ0v) is 11.1. The minimum atomic E-state index is -0.906. The molecule has 2 rings (SSSR count). The first-order chi connectivity index (χ1) is 9.06. The van der Waals surface area contributed by atoms with Crippen molar-refractivity contribution in [3.63, 3.8) is 0 Å². The zero-order valence-electron chi connectivity index (χ0n) is 11.1. The summed E-state index contributed by atoms with van der Waals surface area (Å²) in [5, 5.41) is 8.97. The van der Waals surface area contributed by atoms with Crippen LogP contribution in [0.3, 0.4) is 0 Å². The number of hydrogen-bond acceptors (Lipinski definition) is 3. The van der Waals surface area contributed by atoms with Crippen molar-refractivity contribution < 1.29 is 14.3 Å². The molecule has 1 heterocycles. The van der Waals surface area contributed by atoms with Crippen molar-refractivity contribution in [2.24, 2.45) is 0 Å². The number of anilines is 1. The first-order valence-corrected chi connectivity index (χ1v) is 6.16. The van der Waals surface area contributed by atoms with Gasteiger partial charge in [-0.3, -0.25) is 0 Å². The number of likely N-dealkylation sites (N-methyl/N-ethyl adjacent to an activating group) is 1. The van der Waals surface area contributed by atoms with Crippen LogP contribution in [0.2, 0.25) is 0 Å². The number of hydrogen-bond donors (Lipinski definition) is 1. The lowest BCUT2D eigenvalue weighted by atomic mass is 10.2. The number of carboxylic acid groups (broad SMARTS) is 1. The van der Waals surface area contributed by atoms with E-state index in [2.05, 4.69) is 0 Å². The highest BCUT2D eigenvalue weighted by Crippen LogP contribution is 2.16. The van der Waals surface area contributed by atoms with E-state index < -0.39 is 5.97 Å². The van der Waals surface area contributed by atoms with Crippen LogP contribution < -0.4 is 4.90 Å². The zero-order chi connectivity index (χ0) is 13.8. The van der Waals surface area contributed by atoms with Crippen molar-refractivity contribution in [2.75, 3.05) is 18.5 Å². The average Bonchev–Trinajstić information content (AvgIpc) is 2.82. The molecule has 2 aromatic rings. The standard InChI is InChI=1S/C15H17NO3/c1-11-6-7-14(19-11)8-9-16(2)13-5-3-4-12(10-13)15(17)18/h3-7,10H,8-9H2,1-2H3,(H,17,18). The lowest BCUT2D eigenvalue weighted by Gasteiger charge is -2.19. The fourth-order valence-electron chi connectivity index (χ4n) is 1.90. The van der Waals surface area contributed by atoms with Crippen LogP contribution in [0.15, 0.2) is 40.8 Å². The molecule has 0 saturated carbocycles. The summed E-state index contributed by atoms with van der Waals surface area (Å²) in [5.74, 6) is 0.946. The normalized spacial score (nSPS) is 10.4. The number of rotatable bonds is 5. The van der Waals surface area contributed by atoms with Crippen molar-refractivity contribution in [2.45, 2.75) is 13.3 Å². The van der Waals surface area contributed by atoms with Crippen molar-refractivity contribution in [1.29, 1.82) is 0 Å². The second kappa shape index (κ2) is 5.61. The highest BCUT2D eigenvalue weighted by Gasteiger charge is 2.07. The smallest absolute Gasteiger partial charge is 0.335 e. The molecule has 100 valence electrons. The molecular weight excluding hydrogens is 242 g/mol. The second-order valence-corrected chi connectivity index (χ2v) is 4.54. The first-order valence-electron chi connectivity index (χ1n) is 6.16. The summed E-state index contributed by atoms with van der Waals surface area (Å²) in [4.78, 5) is 12.9. The lowest BCUT2D eigenvalue weighted by molar-refractivity contribution is 0.0697. The maximum absolute atomic E-state index is 10.9. The van der Waals surface area contributed by atoms with Crippen LogP contribution in [0.5, 0.6) is 0 Å². The van der Waals surface area contributed by atoms with E-state index in [1.54, 1.807) is 18.2 Å². The van der Waals surface area contributed by atoms with E-state index in [-0.39, 0.29) is 0 Å². The van der Waals surface area contributed by atoms with Crippen LogP contribution in [0, 0.1) is 6.92 Å². The molecule has 0 bridgehead atoms. The monoisotopic (exact) mass is 259 g/mol. The van der Waals surface area contributed by atoms with Gasteiger partial charge in [-0.1, -0.05) is 6.07 Å². The van der Waals surface area contributed by atoms with Crippen LogP contribution >= 0.6 is 0 Å². The molecule has 0 atom stereocenters. The molecule has 0 fully saturated rings. The molecule has 4 nitrogen and oxygen atoms in total. The van der Waals surface area contributed by atoms with Gasteiger partial charge >= 0.3 is 5.97 Å². The Labute approximate surface area is 112 Å². The molecule has 0 saturated heterocycles. The first kappa shape index (κ1) is 13.2. The Hall–Kier alpha value is -2.23. The molecule has 1 aromatic carbocycles. The van der Waals surface area contributed by atoms with E-state index in [9.17, 15) is 4.79 Å². The molecule has 0 aliphatic heterocycles. The minimum absolute atomic E-state index is 0.304. The van der Waals surface area contributed by atoms with E-state index in [1.165, 1.54) is 0 Å². The molecule has 1 N–H and O–H groups in total. The second-order valence-electron chi connectivity index (χ2n) is 4.54. The van der Waals surface area contributed by atoms with Crippen LogP contribution in [-0.2, 0) is 6.42 Å². The van der Waals surface area contributed by atoms with Gasteiger partial charge < -0.3 is 14.4 Å². The highest BCUT2D eigenvalue weighted by atomic mass is 16.4. The summed E-state index contributed by atoms with van der Waals surface area (Å²) in [6.07, 6.45) is 0.793. The molecule has 0 unspecified atom stereocenters. The van der Waals surface area contributed by atoms with Gasteiger partial charge in [0.25, 0.3) is 0 Å². The Kier molecular flexibility index (Phi) is 3.90. The molecule has 0 radical (unpaired) electrons. The van der Waals surface area contributed by atoms with Gasteiger partial charge in [0.05, 0.1) is 5.56 Å². The fraction of sp³-hybridized carbons (Fsp3) is 0.267. The number of benzene rings is 1. The molecule has 0 aliphatic carbocycles. The lowest BCUT2D eigenvalue weighted by Crippen LogP contribution is -2.20. The molecule has 0 aliphatic rings. The van der Waals surface area contributed by atoms with Crippen molar-refractivity contribution >= 4 is 11.7 Å². The van der Waals surface area contributed by atoms with Crippen LogP contribution in [-0.4, -0.2) is 24.7 Å². The number of furan rings is 1. The van der Waals surface area contributed by atoms with Gasteiger partial charge in [-0.15, -0.1) is 0 Å². The molecule has 0 spiro atoms. The number of aromatic carboxylic acids is 1. The summed E-state index contributed by atoms with van der Waals surface area (Å²) < 4.78 is 5.51. The van der Waals surface area contributed by atoms with Gasteiger partial charge in [0, 0.05) is 25.7 Å². The molecule has 0 amide bonds. The van der Waals surface area contributed by atoms with E-state index in [0.29, 0.717) is 5.56 Å². The molecule has 19 heavy (non-hydrogen) atoms. The molecular formula is C15H17NO3. The van der Waals surface area contributed by atoms with Crippen LogP contribution in [0.4, 0.5) is 5.69 Å². The minimum Gasteiger partial charge on any atom is -0.478 e. The van der Waals surface area contributed by atoms with E-state index in [1.807, 2.05) is 37.1 Å². The Balaban J connectivity index is 2.01. The summed E-state index contributed by atoms with van der Waals surface area (Å²) in [6, 6.07) is 10.8. The number of nitrogens with zero attached hydrogens (tertiary/aromatic N) is 1. The Bertz CT molecular complexity index is 574. The number of carbonyl (C=O) groups is 1. The van der Waals surface area contributed by atoms with Gasteiger partial charge in [0.15, 0.2) is 0 Å². The van der Waals surface area contributed by atoms with E-state index in [4.69, 9.17) is 9.52 Å². The summed E-state index contributed by atoms with van der Waals surface area (Å²) in [6.45, 7) is 2.69. The summed E-state index contributed by atoms with van der Waals surface area (Å²) in [7, 11) is 1.94. The van der Waals surface area contributed by atoms with Crippen molar-refractivity contribution in [3.8, 4) is 0 Å². The maximum atomic E-state index is 10.9. The molecule has 4 heteroatoms. The molecule has 1 aromatic heterocycles. The Morgan fingerprint density at radius 1 is 1.32 bits per heavy atom. The predicted octanol–water partition coefficient (Wildman–Crippen LogP) is 2.97. The predicted molar refractivity (Wildman–Crippen MR) is 73.8 cm³/mol. The quantitative estimate of drug-likeness (QED) is 0.897. The van der Waals surface area contributed by atoms with Gasteiger partial charge in [0.2, 0.25) is 0 Å². The van der Waals surface area contributed by atoms with Gasteiger partial charge in [-0.2, -0.15) is 0 Å². The van der Waals surface area contributed by atoms with Gasteiger partial charge in [-0.05, 0) is 37.3 Å². The van der Waals surface area contributed by atoms with Gasteiger partial charge in [-0.25, -0.2) is 4.79 Å². The van der Waals surface area contributed by atoms with E-state index >= 15 is 0 Å². The Morgan fingerprint density at radius 2 is 2.11 bits per heavy atom. The van der Waals surface area contributed by atoms with Crippen molar-refractivity contribution in [1.82, 2.24) is 0 Å². The van der Waals surface area contributed by atoms with Gasteiger partial charge in [0.1, 0.15) is 11.5 Å². The topological polar surface area (TPSA) is 53.7 Å². The number of aryl methyl sites for hydroxylation is 1. The van der Waals surface area contributed by atoms with Crippen molar-refractivity contribution in [3.05, 3.63) is 53.5 Å². The third kappa shape index (κ3) is 3.37. The third-order valence-electron chi connectivity index (χ3n) is 3.02. The largest absolute Gasteiger partial charge is 0.478 e. The summed E-state index contributed by atoms with van der Waals surface area (Å²) >= 11 is 0. The third-order valence-corrected chi connectivity index (χ3v) is 3.02.